The number of rotatable bonds is 8. The first kappa shape index (κ1) is 13.9. The monoisotopic (exact) mass is 216 g/mol. The second kappa shape index (κ2) is 9.49. The molecular formula is C11H20O4. The molecule has 0 aliphatic rings. The highest BCUT2D eigenvalue weighted by Crippen LogP contribution is 1.96. The van der Waals surface area contributed by atoms with E-state index in [1.54, 1.807) is 6.92 Å². The first-order chi connectivity index (χ1) is 7.20. The molecule has 0 aliphatic carbocycles. The van der Waals surface area contributed by atoms with Crippen molar-refractivity contribution in [1.29, 1.82) is 0 Å². The molecule has 15 heavy (non-hydrogen) atoms. The second-order valence-corrected chi connectivity index (χ2v) is 3.25. The molecule has 0 saturated carbocycles. The van der Waals surface area contributed by atoms with E-state index in [1.165, 1.54) is 0 Å². The lowest BCUT2D eigenvalue weighted by molar-refractivity contribution is -0.149. The van der Waals surface area contributed by atoms with Gasteiger partial charge in [-0.2, -0.15) is 0 Å². The second-order valence-electron chi connectivity index (χ2n) is 3.25. The number of esters is 2. The van der Waals surface area contributed by atoms with Crippen LogP contribution in [0.3, 0.4) is 0 Å². The van der Waals surface area contributed by atoms with Gasteiger partial charge in [0.1, 0.15) is 6.61 Å². The van der Waals surface area contributed by atoms with Crippen LogP contribution < -0.4 is 0 Å². The largest absolute Gasteiger partial charge is 0.466 e. The lowest BCUT2D eigenvalue weighted by atomic mass is 10.3. The van der Waals surface area contributed by atoms with Crippen LogP contribution in [0.4, 0.5) is 0 Å². The molecule has 0 heterocycles. The Morgan fingerprint density at radius 3 is 2.20 bits per heavy atom. The van der Waals surface area contributed by atoms with Crippen LogP contribution in [-0.2, 0) is 19.1 Å². The Balaban J connectivity index is 3.29. The van der Waals surface area contributed by atoms with Gasteiger partial charge < -0.3 is 9.47 Å². The van der Waals surface area contributed by atoms with E-state index in [4.69, 9.17) is 9.47 Å². The first-order valence-electron chi connectivity index (χ1n) is 5.52. The summed E-state index contributed by atoms with van der Waals surface area (Å²) >= 11 is 0. The van der Waals surface area contributed by atoms with Gasteiger partial charge in [0.2, 0.25) is 0 Å². The average molecular weight is 216 g/mol. The van der Waals surface area contributed by atoms with Crippen molar-refractivity contribution >= 4 is 11.9 Å². The molecule has 0 saturated heterocycles. The molecule has 0 aliphatic heterocycles. The Hall–Kier alpha value is -1.06. The Morgan fingerprint density at radius 1 is 0.933 bits per heavy atom. The summed E-state index contributed by atoms with van der Waals surface area (Å²) in [6, 6.07) is 0. The van der Waals surface area contributed by atoms with Crippen LogP contribution in [0.15, 0.2) is 0 Å². The lowest BCUT2D eigenvalue weighted by Gasteiger charge is -2.04. The van der Waals surface area contributed by atoms with Gasteiger partial charge in [0.25, 0.3) is 0 Å². The molecule has 0 bridgehead atoms. The Bertz CT molecular complexity index is 189. The highest BCUT2D eigenvalue weighted by molar-refractivity contribution is 5.71. The van der Waals surface area contributed by atoms with Crippen molar-refractivity contribution in [3.05, 3.63) is 0 Å². The van der Waals surface area contributed by atoms with E-state index in [0.29, 0.717) is 13.0 Å². The number of carbonyl (C=O) groups excluding carboxylic acids is 2. The summed E-state index contributed by atoms with van der Waals surface area (Å²) in [6.07, 6.45) is 3.56. The third-order valence-corrected chi connectivity index (χ3v) is 1.87. The molecule has 0 aromatic carbocycles. The van der Waals surface area contributed by atoms with Gasteiger partial charge >= 0.3 is 11.9 Å². The van der Waals surface area contributed by atoms with Gasteiger partial charge in [-0.3, -0.25) is 9.59 Å². The van der Waals surface area contributed by atoms with Gasteiger partial charge in [0, 0.05) is 6.42 Å². The molecule has 0 unspecified atom stereocenters. The minimum atomic E-state index is -0.296. The molecule has 0 N–H and O–H groups in total. The normalized spacial score (nSPS) is 9.73. The van der Waals surface area contributed by atoms with Crippen LogP contribution in [0.25, 0.3) is 0 Å². The highest BCUT2D eigenvalue weighted by Gasteiger charge is 2.04. The van der Waals surface area contributed by atoms with Crippen molar-refractivity contribution in [3.63, 3.8) is 0 Å². The van der Waals surface area contributed by atoms with Crippen LogP contribution in [0, 0.1) is 0 Å². The van der Waals surface area contributed by atoms with Crippen molar-refractivity contribution < 1.29 is 19.1 Å². The predicted molar refractivity (Wildman–Crippen MR) is 56.4 cm³/mol. The molecule has 0 spiro atoms. The average Bonchev–Trinajstić information content (AvgIpc) is 2.24. The maximum absolute atomic E-state index is 11.1. The molecular weight excluding hydrogens is 196 g/mol. The lowest BCUT2D eigenvalue weighted by Crippen LogP contribution is -2.11. The molecule has 0 atom stereocenters. The van der Waals surface area contributed by atoms with E-state index in [1.807, 2.05) is 0 Å². The zero-order chi connectivity index (χ0) is 11.5. The van der Waals surface area contributed by atoms with Gasteiger partial charge in [-0.05, 0) is 6.42 Å². The molecule has 0 amide bonds. The van der Waals surface area contributed by atoms with Gasteiger partial charge in [0.15, 0.2) is 0 Å². The van der Waals surface area contributed by atoms with Crippen LogP contribution in [0.2, 0.25) is 0 Å². The van der Waals surface area contributed by atoms with Crippen LogP contribution in [0.1, 0.15) is 46.0 Å². The smallest absolute Gasteiger partial charge is 0.309 e. The van der Waals surface area contributed by atoms with Gasteiger partial charge in [-0.1, -0.05) is 26.7 Å². The zero-order valence-corrected chi connectivity index (χ0v) is 9.58. The minimum absolute atomic E-state index is 0.124. The molecule has 88 valence electrons. The topological polar surface area (TPSA) is 52.6 Å². The first-order valence-corrected chi connectivity index (χ1v) is 5.52. The molecule has 0 rings (SSSR count). The maximum Gasteiger partial charge on any atom is 0.309 e. The standard InChI is InChI=1S/C11H20O4/c1-3-5-6-8-14-11(13)7-9-15-10(12)4-2/h3-9H2,1-2H3. The fraction of sp³-hybridized carbons (Fsp3) is 0.818. The van der Waals surface area contributed by atoms with E-state index in [0.717, 1.165) is 19.3 Å². The molecule has 4 nitrogen and oxygen atoms in total. The Morgan fingerprint density at radius 2 is 1.60 bits per heavy atom. The van der Waals surface area contributed by atoms with Crippen molar-refractivity contribution in [2.75, 3.05) is 13.2 Å². The molecule has 0 radical (unpaired) electrons. The van der Waals surface area contributed by atoms with Crippen molar-refractivity contribution in [2.45, 2.75) is 46.0 Å². The third-order valence-electron chi connectivity index (χ3n) is 1.87. The number of unbranched alkanes of at least 4 members (excludes halogenated alkanes) is 2. The van der Waals surface area contributed by atoms with E-state index >= 15 is 0 Å². The molecule has 0 aromatic rings. The minimum Gasteiger partial charge on any atom is -0.466 e. The quantitative estimate of drug-likeness (QED) is 0.460. The van der Waals surface area contributed by atoms with E-state index in [9.17, 15) is 9.59 Å². The Labute approximate surface area is 90.9 Å². The summed E-state index contributed by atoms with van der Waals surface area (Å²) < 4.78 is 9.68. The van der Waals surface area contributed by atoms with Crippen LogP contribution in [0.5, 0.6) is 0 Å². The van der Waals surface area contributed by atoms with Crippen molar-refractivity contribution in [3.8, 4) is 0 Å². The number of carbonyl (C=O) groups is 2. The Kier molecular flexibility index (Phi) is 8.82. The highest BCUT2D eigenvalue weighted by atomic mass is 16.5. The summed E-state index contributed by atoms with van der Waals surface area (Å²) in [6.45, 7) is 4.39. The number of hydrogen-bond acceptors (Lipinski definition) is 4. The zero-order valence-electron chi connectivity index (χ0n) is 9.58. The molecule has 4 heteroatoms. The van der Waals surface area contributed by atoms with Gasteiger partial charge in [0.05, 0.1) is 13.0 Å². The summed E-state index contributed by atoms with van der Waals surface area (Å²) in [5.41, 5.74) is 0. The number of ether oxygens (including phenoxy) is 2. The predicted octanol–water partition coefficient (Wildman–Crippen LogP) is 2.06. The summed E-state index contributed by atoms with van der Waals surface area (Å²) in [5.74, 6) is -0.580. The van der Waals surface area contributed by atoms with Crippen molar-refractivity contribution in [2.24, 2.45) is 0 Å². The summed E-state index contributed by atoms with van der Waals surface area (Å²) in [5, 5.41) is 0. The summed E-state index contributed by atoms with van der Waals surface area (Å²) in [4.78, 5) is 21.8. The van der Waals surface area contributed by atoms with E-state index < -0.39 is 0 Å². The van der Waals surface area contributed by atoms with Crippen LogP contribution in [-0.4, -0.2) is 25.2 Å². The SMILES string of the molecule is CCCCCOC(=O)CCOC(=O)CC. The van der Waals surface area contributed by atoms with Crippen LogP contribution >= 0.6 is 0 Å². The molecule has 0 aromatic heterocycles. The van der Waals surface area contributed by atoms with Crippen molar-refractivity contribution in [1.82, 2.24) is 0 Å². The molecule has 0 fully saturated rings. The van der Waals surface area contributed by atoms with E-state index in [-0.39, 0.29) is 25.0 Å². The number of hydrogen-bond donors (Lipinski definition) is 0. The van der Waals surface area contributed by atoms with Gasteiger partial charge in [-0.25, -0.2) is 0 Å². The van der Waals surface area contributed by atoms with Gasteiger partial charge in [-0.15, -0.1) is 0 Å². The third kappa shape index (κ3) is 9.25. The fourth-order valence-electron chi connectivity index (χ4n) is 0.960. The summed E-state index contributed by atoms with van der Waals surface area (Å²) in [7, 11) is 0. The fourth-order valence-corrected chi connectivity index (χ4v) is 0.960. The van der Waals surface area contributed by atoms with E-state index in [2.05, 4.69) is 6.92 Å². The maximum atomic E-state index is 11.1.